The maximum Gasteiger partial charge on any atom is 0.232 e. The van der Waals surface area contributed by atoms with E-state index < -0.39 is 0 Å². The van der Waals surface area contributed by atoms with Crippen molar-refractivity contribution >= 4 is 11.6 Å². The minimum atomic E-state index is -0.228. The molecule has 6 nitrogen and oxygen atoms in total. The number of aryl methyl sites for hydroxylation is 1. The van der Waals surface area contributed by atoms with E-state index in [0.717, 1.165) is 23.2 Å². The SMILES string of the molecule is CCc1[nH]nc(-c2ccc(OC)c(OC)c2)c1NC(=O)C(CC)c1ccccc1. The number of methoxy groups -OCH3 is 2. The summed E-state index contributed by atoms with van der Waals surface area (Å²) >= 11 is 0. The number of rotatable bonds is 8. The molecule has 1 atom stereocenters. The van der Waals surface area contributed by atoms with E-state index in [1.807, 2.05) is 62.4 Å². The fourth-order valence-electron chi connectivity index (χ4n) is 3.43. The molecule has 0 bridgehead atoms. The van der Waals surface area contributed by atoms with Gasteiger partial charge in [0.05, 0.1) is 31.5 Å². The van der Waals surface area contributed by atoms with Crippen molar-refractivity contribution in [3.8, 4) is 22.8 Å². The quantitative estimate of drug-likeness (QED) is 0.577. The molecule has 29 heavy (non-hydrogen) atoms. The molecule has 0 spiro atoms. The van der Waals surface area contributed by atoms with Crippen molar-refractivity contribution in [1.29, 1.82) is 0 Å². The molecule has 3 aromatic rings. The van der Waals surface area contributed by atoms with Gasteiger partial charge in [-0.15, -0.1) is 0 Å². The molecule has 1 unspecified atom stereocenters. The Hall–Kier alpha value is -3.28. The number of carbonyl (C=O) groups excluding carboxylic acids is 1. The molecule has 6 heteroatoms. The van der Waals surface area contributed by atoms with Gasteiger partial charge in [0.1, 0.15) is 5.69 Å². The third-order valence-electron chi connectivity index (χ3n) is 5.03. The molecule has 2 N–H and O–H groups in total. The van der Waals surface area contributed by atoms with Gasteiger partial charge in [-0.3, -0.25) is 9.89 Å². The van der Waals surface area contributed by atoms with Gasteiger partial charge < -0.3 is 14.8 Å². The number of benzene rings is 2. The number of amides is 1. The van der Waals surface area contributed by atoms with E-state index in [1.165, 1.54) is 0 Å². The van der Waals surface area contributed by atoms with Crippen LogP contribution < -0.4 is 14.8 Å². The molecule has 0 aliphatic rings. The largest absolute Gasteiger partial charge is 0.493 e. The van der Waals surface area contributed by atoms with Crippen LogP contribution in [0.3, 0.4) is 0 Å². The van der Waals surface area contributed by atoms with Crippen LogP contribution in [0.1, 0.15) is 37.4 Å². The van der Waals surface area contributed by atoms with Crippen molar-refractivity contribution in [2.75, 3.05) is 19.5 Å². The Balaban J connectivity index is 1.96. The van der Waals surface area contributed by atoms with Gasteiger partial charge in [-0.05, 0) is 36.6 Å². The molecule has 0 aliphatic heterocycles. The van der Waals surface area contributed by atoms with Crippen LogP contribution in [0.25, 0.3) is 11.3 Å². The summed E-state index contributed by atoms with van der Waals surface area (Å²) in [5.74, 6) is 0.979. The Morgan fingerprint density at radius 1 is 1.07 bits per heavy atom. The molecule has 0 saturated carbocycles. The van der Waals surface area contributed by atoms with Gasteiger partial charge in [-0.2, -0.15) is 5.10 Å². The predicted molar refractivity (Wildman–Crippen MR) is 115 cm³/mol. The first kappa shape index (κ1) is 20.5. The van der Waals surface area contributed by atoms with Crippen molar-refractivity contribution in [2.45, 2.75) is 32.6 Å². The number of nitrogens with one attached hydrogen (secondary N) is 2. The van der Waals surface area contributed by atoms with E-state index in [2.05, 4.69) is 15.5 Å². The normalized spacial score (nSPS) is 11.7. The monoisotopic (exact) mass is 393 g/mol. The van der Waals surface area contributed by atoms with Crippen LogP contribution in [-0.4, -0.2) is 30.3 Å². The van der Waals surface area contributed by atoms with Crippen LogP contribution in [0.4, 0.5) is 5.69 Å². The van der Waals surface area contributed by atoms with Crippen LogP contribution in [0.15, 0.2) is 48.5 Å². The van der Waals surface area contributed by atoms with E-state index in [9.17, 15) is 4.79 Å². The van der Waals surface area contributed by atoms with Gasteiger partial charge in [0, 0.05) is 5.56 Å². The number of ether oxygens (including phenoxy) is 2. The molecule has 3 rings (SSSR count). The Morgan fingerprint density at radius 3 is 2.41 bits per heavy atom. The first-order valence-electron chi connectivity index (χ1n) is 9.78. The second-order valence-electron chi connectivity index (χ2n) is 6.71. The van der Waals surface area contributed by atoms with Crippen molar-refractivity contribution in [1.82, 2.24) is 10.2 Å². The molecular weight excluding hydrogens is 366 g/mol. The van der Waals surface area contributed by atoms with E-state index >= 15 is 0 Å². The predicted octanol–water partition coefficient (Wildman–Crippen LogP) is 4.79. The van der Waals surface area contributed by atoms with E-state index in [-0.39, 0.29) is 11.8 Å². The van der Waals surface area contributed by atoms with Crippen molar-refractivity contribution in [3.05, 3.63) is 59.8 Å². The number of anilines is 1. The summed E-state index contributed by atoms with van der Waals surface area (Å²) in [5, 5.41) is 10.6. The zero-order valence-electron chi connectivity index (χ0n) is 17.3. The van der Waals surface area contributed by atoms with Gasteiger partial charge in [0.25, 0.3) is 0 Å². The lowest BCUT2D eigenvalue weighted by Crippen LogP contribution is -2.21. The fourth-order valence-corrected chi connectivity index (χ4v) is 3.43. The average Bonchev–Trinajstić information content (AvgIpc) is 3.16. The fraction of sp³-hybridized carbons (Fsp3) is 0.304. The minimum Gasteiger partial charge on any atom is -0.493 e. The smallest absolute Gasteiger partial charge is 0.232 e. The highest BCUT2D eigenvalue weighted by Crippen LogP contribution is 2.36. The minimum absolute atomic E-state index is 0.0449. The number of nitrogens with zero attached hydrogens (tertiary/aromatic N) is 1. The summed E-state index contributed by atoms with van der Waals surface area (Å²) in [6, 6.07) is 15.4. The number of aromatic amines is 1. The molecule has 152 valence electrons. The van der Waals surface area contributed by atoms with E-state index in [0.29, 0.717) is 29.3 Å². The lowest BCUT2D eigenvalue weighted by molar-refractivity contribution is -0.117. The van der Waals surface area contributed by atoms with Gasteiger partial charge in [0.15, 0.2) is 11.5 Å². The maximum absolute atomic E-state index is 13.1. The molecule has 1 amide bonds. The Morgan fingerprint density at radius 2 is 1.79 bits per heavy atom. The Labute approximate surface area is 171 Å². The van der Waals surface area contributed by atoms with Crippen LogP contribution in [-0.2, 0) is 11.2 Å². The standard InChI is InChI=1S/C23H27N3O3/c1-5-17(15-10-8-7-9-11-15)23(27)24-22-18(6-2)25-26-21(22)16-12-13-19(28-3)20(14-16)29-4/h7-14,17H,5-6H2,1-4H3,(H,24,27)(H,25,26). The Bertz CT molecular complexity index is 967. The maximum atomic E-state index is 13.1. The lowest BCUT2D eigenvalue weighted by atomic mass is 9.95. The molecule has 1 aromatic heterocycles. The zero-order chi connectivity index (χ0) is 20.8. The van der Waals surface area contributed by atoms with E-state index in [1.54, 1.807) is 14.2 Å². The summed E-state index contributed by atoms with van der Waals surface area (Å²) in [5.41, 5.74) is 4.10. The topological polar surface area (TPSA) is 76.2 Å². The third-order valence-corrected chi connectivity index (χ3v) is 5.03. The summed E-state index contributed by atoms with van der Waals surface area (Å²) in [7, 11) is 3.19. The summed E-state index contributed by atoms with van der Waals surface area (Å²) < 4.78 is 10.7. The summed E-state index contributed by atoms with van der Waals surface area (Å²) in [4.78, 5) is 13.1. The second-order valence-corrected chi connectivity index (χ2v) is 6.71. The number of aromatic nitrogens is 2. The number of H-pyrrole nitrogens is 1. The van der Waals surface area contributed by atoms with Crippen LogP contribution in [0.2, 0.25) is 0 Å². The molecular formula is C23H27N3O3. The molecule has 2 aromatic carbocycles. The second kappa shape index (κ2) is 9.28. The third kappa shape index (κ3) is 4.26. The first-order valence-corrected chi connectivity index (χ1v) is 9.78. The molecule has 0 radical (unpaired) electrons. The Kier molecular flexibility index (Phi) is 6.54. The van der Waals surface area contributed by atoms with Crippen LogP contribution in [0.5, 0.6) is 11.5 Å². The highest BCUT2D eigenvalue weighted by atomic mass is 16.5. The van der Waals surface area contributed by atoms with Gasteiger partial charge in [-0.1, -0.05) is 44.2 Å². The van der Waals surface area contributed by atoms with E-state index in [4.69, 9.17) is 9.47 Å². The van der Waals surface area contributed by atoms with Gasteiger partial charge in [-0.25, -0.2) is 0 Å². The molecule has 0 fully saturated rings. The molecule has 0 aliphatic carbocycles. The number of hydrogen-bond acceptors (Lipinski definition) is 4. The van der Waals surface area contributed by atoms with Gasteiger partial charge >= 0.3 is 0 Å². The van der Waals surface area contributed by atoms with Crippen molar-refractivity contribution in [2.24, 2.45) is 0 Å². The first-order chi connectivity index (χ1) is 14.1. The summed E-state index contributed by atoms with van der Waals surface area (Å²) in [6.45, 7) is 4.04. The van der Waals surface area contributed by atoms with Crippen LogP contribution in [0, 0.1) is 0 Å². The highest BCUT2D eigenvalue weighted by molar-refractivity contribution is 5.99. The highest BCUT2D eigenvalue weighted by Gasteiger charge is 2.23. The lowest BCUT2D eigenvalue weighted by Gasteiger charge is -2.16. The van der Waals surface area contributed by atoms with Crippen molar-refractivity contribution in [3.63, 3.8) is 0 Å². The molecule has 0 saturated heterocycles. The summed E-state index contributed by atoms with van der Waals surface area (Å²) in [6.07, 6.45) is 1.43. The van der Waals surface area contributed by atoms with Crippen molar-refractivity contribution < 1.29 is 14.3 Å². The molecule has 1 heterocycles. The number of carbonyl (C=O) groups is 1. The van der Waals surface area contributed by atoms with Gasteiger partial charge in [0.2, 0.25) is 5.91 Å². The number of hydrogen-bond donors (Lipinski definition) is 2. The van der Waals surface area contributed by atoms with Crippen LogP contribution >= 0.6 is 0 Å². The average molecular weight is 393 g/mol. The zero-order valence-corrected chi connectivity index (χ0v) is 17.3.